The number of aromatic nitrogens is 2. The van der Waals surface area contributed by atoms with E-state index < -0.39 is 0 Å². The smallest absolute Gasteiger partial charge is 0.137 e. The van der Waals surface area contributed by atoms with Crippen LogP contribution < -0.4 is 10.1 Å². The molecule has 1 heterocycles. The van der Waals surface area contributed by atoms with Gasteiger partial charge in [-0.05, 0) is 46.6 Å². The van der Waals surface area contributed by atoms with E-state index in [1.165, 1.54) is 5.56 Å². The molecule has 0 fully saturated rings. The molecule has 0 aliphatic rings. The molecule has 0 amide bonds. The third-order valence-corrected chi connectivity index (χ3v) is 4.00. The minimum Gasteiger partial charge on any atom is -0.495 e. The van der Waals surface area contributed by atoms with Crippen LogP contribution in [0.4, 0.5) is 0 Å². The predicted octanol–water partition coefficient (Wildman–Crippen LogP) is 3.29. The Bertz CT molecular complexity index is 584. The fraction of sp³-hybridized carbons (Fsp3) is 0.357. The first kappa shape index (κ1) is 15.5. The Labute approximate surface area is 135 Å². The molecule has 20 heavy (non-hydrogen) atoms. The van der Waals surface area contributed by atoms with Gasteiger partial charge in [0.25, 0.3) is 0 Å². The van der Waals surface area contributed by atoms with Crippen LogP contribution in [-0.4, -0.2) is 23.4 Å². The van der Waals surface area contributed by atoms with Crippen LogP contribution in [0.5, 0.6) is 5.75 Å². The van der Waals surface area contributed by atoms with Gasteiger partial charge in [-0.2, -0.15) is 5.10 Å². The van der Waals surface area contributed by atoms with E-state index in [4.69, 9.17) is 4.74 Å². The minimum atomic E-state index is 0.765. The number of benzene rings is 1. The summed E-state index contributed by atoms with van der Waals surface area (Å²) in [5.41, 5.74) is 2.36. The zero-order chi connectivity index (χ0) is 14.5. The highest BCUT2D eigenvalue weighted by Gasteiger charge is 2.08. The molecule has 0 aliphatic carbocycles. The lowest BCUT2D eigenvalue weighted by Crippen LogP contribution is -2.17. The van der Waals surface area contributed by atoms with Gasteiger partial charge in [0.2, 0.25) is 0 Å². The van der Waals surface area contributed by atoms with Crippen LogP contribution in [0.3, 0.4) is 0 Å². The van der Waals surface area contributed by atoms with Crippen LogP contribution in [-0.2, 0) is 20.0 Å². The van der Waals surface area contributed by atoms with E-state index in [-0.39, 0.29) is 0 Å². The number of aryl methyl sites for hydroxylation is 1. The summed E-state index contributed by atoms with van der Waals surface area (Å²) in [6.07, 6.45) is 4.90. The van der Waals surface area contributed by atoms with Gasteiger partial charge in [0.1, 0.15) is 5.75 Å². The molecule has 0 unspecified atom stereocenters. The van der Waals surface area contributed by atoms with Gasteiger partial charge >= 0.3 is 0 Å². The Balaban J connectivity index is 1.90. The molecular formula is C14H17Br2N3O. The molecule has 0 aliphatic heterocycles. The molecule has 0 spiro atoms. The first-order valence-electron chi connectivity index (χ1n) is 6.30. The Morgan fingerprint density at radius 3 is 2.80 bits per heavy atom. The van der Waals surface area contributed by atoms with Gasteiger partial charge in [-0.1, -0.05) is 15.9 Å². The van der Waals surface area contributed by atoms with Crippen molar-refractivity contribution in [1.82, 2.24) is 15.1 Å². The second kappa shape index (κ2) is 7.24. The summed E-state index contributed by atoms with van der Waals surface area (Å²) in [5, 5.41) is 7.59. The molecule has 0 saturated heterocycles. The number of hydrogen-bond donors (Lipinski definition) is 1. The van der Waals surface area contributed by atoms with E-state index >= 15 is 0 Å². The van der Waals surface area contributed by atoms with Crippen LogP contribution in [0.25, 0.3) is 0 Å². The second-order valence-corrected chi connectivity index (χ2v) is 6.30. The van der Waals surface area contributed by atoms with E-state index in [0.29, 0.717) is 0 Å². The average Bonchev–Trinajstić information content (AvgIpc) is 2.80. The standard InChI is InChI=1S/C14H17Br2N3O/c1-19-9-10(7-18-19)3-4-17-8-11-5-12(15)6-13(16)14(11)20-2/h5-7,9,17H,3-4,8H2,1-2H3. The van der Waals surface area contributed by atoms with Crippen LogP contribution >= 0.6 is 31.9 Å². The summed E-state index contributed by atoms with van der Waals surface area (Å²) in [6, 6.07) is 4.05. The maximum atomic E-state index is 5.43. The third kappa shape index (κ3) is 4.07. The highest BCUT2D eigenvalue weighted by Crippen LogP contribution is 2.32. The van der Waals surface area contributed by atoms with Crippen molar-refractivity contribution >= 4 is 31.9 Å². The van der Waals surface area contributed by atoms with E-state index in [9.17, 15) is 0 Å². The molecule has 1 N–H and O–H groups in total. The first-order valence-corrected chi connectivity index (χ1v) is 7.89. The lowest BCUT2D eigenvalue weighted by atomic mass is 10.2. The first-order chi connectivity index (χ1) is 9.60. The largest absolute Gasteiger partial charge is 0.495 e. The lowest BCUT2D eigenvalue weighted by molar-refractivity contribution is 0.405. The number of nitrogens with zero attached hydrogens (tertiary/aromatic N) is 2. The van der Waals surface area contributed by atoms with Crippen molar-refractivity contribution in [3.8, 4) is 5.75 Å². The molecule has 1 aromatic carbocycles. The summed E-state index contributed by atoms with van der Waals surface area (Å²) in [7, 11) is 3.62. The predicted molar refractivity (Wildman–Crippen MR) is 87.0 cm³/mol. The molecule has 4 nitrogen and oxygen atoms in total. The Morgan fingerprint density at radius 2 is 2.15 bits per heavy atom. The quantitative estimate of drug-likeness (QED) is 0.753. The Kier molecular flexibility index (Phi) is 5.63. The molecule has 2 aromatic rings. The number of ether oxygens (including phenoxy) is 1. The Hall–Kier alpha value is -0.850. The highest BCUT2D eigenvalue weighted by molar-refractivity contribution is 9.11. The van der Waals surface area contributed by atoms with Crippen molar-refractivity contribution in [2.24, 2.45) is 7.05 Å². The SMILES string of the molecule is COc1c(Br)cc(Br)cc1CNCCc1cnn(C)c1. The molecule has 0 saturated carbocycles. The number of halogens is 2. The second-order valence-electron chi connectivity index (χ2n) is 4.53. The van der Waals surface area contributed by atoms with Gasteiger partial charge in [-0.3, -0.25) is 4.68 Å². The van der Waals surface area contributed by atoms with Gasteiger partial charge in [-0.25, -0.2) is 0 Å². The van der Waals surface area contributed by atoms with Crippen molar-refractivity contribution < 1.29 is 4.74 Å². The Morgan fingerprint density at radius 1 is 1.35 bits per heavy atom. The monoisotopic (exact) mass is 401 g/mol. The summed E-state index contributed by atoms with van der Waals surface area (Å²) < 4.78 is 9.25. The molecule has 0 radical (unpaired) electrons. The van der Waals surface area contributed by atoms with Crippen LogP contribution in [0, 0.1) is 0 Å². The van der Waals surface area contributed by atoms with Crippen molar-refractivity contribution in [1.29, 1.82) is 0 Å². The number of hydrogen-bond acceptors (Lipinski definition) is 3. The zero-order valence-electron chi connectivity index (χ0n) is 11.5. The van der Waals surface area contributed by atoms with E-state index in [1.807, 2.05) is 30.2 Å². The third-order valence-electron chi connectivity index (χ3n) is 2.95. The van der Waals surface area contributed by atoms with Crippen molar-refractivity contribution in [2.45, 2.75) is 13.0 Å². The zero-order valence-corrected chi connectivity index (χ0v) is 14.7. The van der Waals surface area contributed by atoms with E-state index in [0.717, 1.165) is 39.8 Å². The van der Waals surface area contributed by atoms with Gasteiger partial charge in [0.15, 0.2) is 0 Å². The number of methoxy groups -OCH3 is 1. The summed E-state index contributed by atoms with van der Waals surface area (Å²) in [6.45, 7) is 1.67. The maximum Gasteiger partial charge on any atom is 0.137 e. The fourth-order valence-corrected chi connectivity index (χ4v) is 3.51. The molecule has 0 bridgehead atoms. The molecule has 108 valence electrons. The fourth-order valence-electron chi connectivity index (χ4n) is 2.03. The molecule has 0 atom stereocenters. The summed E-state index contributed by atoms with van der Waals surface area (Å²) in [4.78, 5) is 0. The topological polar surface area (TPSA) is 39.1 Å². The normalized spacial score (nSPS) is 10.8. The van der Waals surface area contributed by atoms with Gasteiger partial charge in [0.05, 0.1) is 17.8 Å². The molecular weight excluding hydrogens is 386 g/mol. The van der Waals surface area contributed by atoms with E-state index in [2.05, 4.69) is 48.3 Å². The van der Waals surface area contributed by atoms with Crippen molar-refractivity contribution in [2.75, 3.05) is 13.7 Å². The molecule has 6 heteroatoms. The van der Waals surface area contributed by atoms with Gasteiger partial charge in [0, 0.05) is 29.8 Å². The van der Waals surface area contributed by atoms with Crippen molar-refractivity contribution in [3.63, 3.8) is 0 Å². The number of rotatable bonds is 6. The van der Waals surface area contributed by atoms with E-state index in [1.54, 1.807) is 7.11 Å². The molecule has 2 rings (SSSR count). The minimum absolute atomic E-state index is 0.765. The summed E-state index contributed by atoms with van der Waals surface area (Å²) >= 11 is 7.01. The highest BCUT2D eigenvalue weighted by atomic mass is 79.9. The van der Waals surface area contributed by atoms with Gasteiger partial charge < -0.3 is 10.1 Å². The summed E-state index contributed by atoms with van der Waals surface area (Å²) in [5.74, 6) is 0.877. The average molecular weight is 403 g/mol. The van der Waals surface area contributed by atoms with Crippen LogP contribution in [0.2, 0.25) is 0 Å². The lowest BCUT2D eigenvalue weighted by Gasteiger charge is -2.12. The van der Waals surface area contributed by atoms with Crippen molar-refractivity contribution in [3.05, 3.63) is 44.6 Å². The van der Waals surface area contributed by atoms with Gasteiger partial charge in [-0.15, -0.1) is 0 Å². The molecule has 1 aromatic heterocycles. The number of nitrogens with one attached hydrogen (secondary N) is 1. The maximum absolute atomic E-state index is 5.43. The van der Waals surface area contributed by atoms with Crippen LogP contribution in [0.15, 0.2) is 33.5 Å². The van der Waals surface area contributed by atoms with Crippen LogP contribution in [0.1, 0.15) is 11.1 Å².